The summed E-state index contributed by atoms with van der Waals surface area (Å²) in [4.78, 5) is 34.1. The fraction of sp³-hybridized carbons (Fsp3) is 0.286. The van der Waals surface area contributed by atoms with Crippen LogP contribution in [0.3, 0.4) is 0 Å². The van der Waals surface area contributed by atoms with Gasteiger partial charge in [-0.1, -0.05) is 36.4 Å². The number of likely N-dealkylation sites (N-methyl/N-ethyl adjacent to an activating group) is 1. The lowest BCUT2D eigenvalue weighted by atomic mass is 10.2. The smallest absolute Gasteiger partial charge is 0.267 e. The zero-order valence-corrected chi connectivity index (χ0v) is 18.1. The van der Waals surface area contributed by atoms with Crippen LogP contribution in [0.15, 0.2) is 53.2 Å². The number of carbonyl (C=O) groups is 2. The Hall–Kier alpha value is -2.55. The highest BCUT2D eigenvalue weighted by atomic mass is 32.1. The first-order chi connectivity index (χ1) is 14.0. The molecule has 0 saturated carbocycles. The first-order valence-corrected chi connectivity index (χ1v) is 11.0. The van der Waals surface area contributed by atoms with E-state index < -0.39 is 0 Å². The lowest BCUT2D eigenvalue weighted by molar-refractivity contribution is -0.131. The number of aromatic nitrogens is 1. The number of benzene rings is 1. The van der Waals surface area contributed by atoms with Gasteiger partial charge < -0.3 is 9.80 Å². The van der Waals surface area contributed by atoms with Crippen LogP contribution in [0, 0.1) is 0 Å². The maximum Gasteiger partial charge on any atom is 0.267 e. The van der Waals surface area contributed by atoms with E-state index in [-0.39, 0.29) is 18.2 Å². The second-order valence-corrected chi connectivity index (χ2v) is 8.66. The van der Waals surface area contributed by atoms with E-state index in [1.54, 1.807) is 6.07 Å². The van der Waals surface area contributed by atoms with Crippen LogP contribution in [0.5, 0.6) is 0 Å². The van der Waals surface area contributed by atoms with Crippen molar-refractivity contribution in [3.05, 3.63) is 69.4 Å². The number of nitrogens with zero attached hydrogens (tertiary/aromatic N) is 3. The number of thiophene rings is 1. The van der Waals surface area contributed by atoms with Gasteiger partial charge in [0.2, 0.25) is 5.91 Å². The Morgan fingerprint density at radius 1 is 1.03 bits per heavy atom. The number of hydrogen-bond donors (Lipinski definition) is 1. The van der Waals surface area contributed by atoms with Crippen LogP contribution in [-0.4, -0.2) is 53.8 Å². The summed E-state index contributed by atoms with van der Waals surface area (Å²) in [6.45, 7) is 2.00. The topological polar surface area (TPSA) is 65.5 Å². The molecule has 0 fully saturated rings. The maximum absolute atomic E-state index is 12.9. The van der Waals surface area contributed by atoms with E-state index in [9.17, 15) is 9.59 Å². The first-order valence-electron chi connectivity index (χ1n) is 9.27. The average Bonchev–Trinajstić information content (AvgIpc) is 3.38. The Labute approximate surface area is 178 Å². The molecule has 0 spiro atoms. The summed E-state index contributed by atoms with van der Waals surface area (Å²) >= 11 is 2.71. The predicted octanol–water partition coefficient (Wildman–Crippen LogP) is 3.59. The molecule has 29 heavy (non-hydrogen) atoms. The molecule has 0 aliphatic rings. The largest absolute Gasteiger partial charge is 0.337 e. The molecule has 2 amide bonds. The fourth-order valence-electron chi connectivity index (χ4n) is 2.70. The molecule has 1 aromatic carbocycles. The van der Waals surface area contributed by atoms with Gasteiger partial charge in [0.15, 0.2) is 5.13 Å². The van der Waals surface area contributed by atoms with Gasteiger partial charge in [0.25, 0.3) is 5.91 Å². The van der Waals surface area contributed by atoms with Crippen LogP contribution >= 0.6 is 22.7 Å². The second-order valence-electron chi connectivity index (χ2n) is 6.86. The zero-order valence-electron chi connectivity index (χ0n) is 16.5. The Morgan fingerprint density at radius 3 is 2.52 bits per heavy atom. The van der Waals surface area contributed by atoms with Gasteiger partial charge in [-0.25, -0.2) is 4.98 Å². The highest BCUT2D eigenvalue weighted by Gasteiger charge is 2.17. The molecule has 3 rings (SSSR count). The van der Waals surface area contributed by atoms with Gasteiger partial charge in [0.05, 0.1) is 17.0 Å². The molecule has 0 unspecified atom stereocenters. The van der Waals surface area contributed by atoms with Crippen molar-refractivity contribution in [2.75, 3.05) is 32.5 Å². The van der Waals surface area contributed by atoms with Gasteiger partial charge in [0, 0.05) is 25.0 Å². The molecule has 2 aromatic heterocycles. The molecular weight excluding hydrogens is 404 g/mol. The Morgan fingerprint density at radius 2 is 1.83 bits per heavy atom. The van der Waals surface area contributed by atoms with Crippen LogP contribution in [-0.2, 0) is 17.8 Å². The summed E-state index contributed by atoms with van der Waals surface area (Å²) in [6.07, 6.45) is 0.214. The predicted molar refractivity (Wildman–Crippen MR) is 119 cm³/mol. The molecule has 0 aliphatic carbocycles. The number of carbonyl (C=O) groups excluding carboxylic acids is 2. The average molecular weight is 429 g/mol. The summed E-state index contributed by atoms with van der Waals surface area (Å²) in [6, 6.07) is 13.6. The normalized spacial score (nSPS) is 10.9. The maximum atomic E-state index is 12.9. The van der Waals surface area contributed by atoms with Crippen molar-refractivity contribution in [1.82, 2.24) is 14.8 Å². The minimum atomic E-state index is -0.177. The van der Waals surface area contributed by atoms with Crippen molar-refractivity contribution in [2.45, 2.75) is 13.0 Å². The van der Waals surface area contributed by atoms with Gasteiger partial charge in [-0.05, 0) is 31.1 Å². The molecule has 2 heterocycles. The molecular formula is C21H24N4O2S2. The Balaban J connectivity index is 1.62. The van der Waals surface area contributed by atoms with Crippen molar-refractivity contribution in [3.63, 3.8) is 0 Å². The van der Waals surface area contributed by atoms with Crippen molar-refractivity contribution in [2.24, 2.45) is 0 Å². The molecule has 8 heteroatoms. The zero-order chi connectivity index (χ0) is 20.6. The van der Waals surface area contributed by atoms with Crippen LogP contribution in [0.2, 0.25) is 0 Å². The second kappa shape index (κ2) is 10.3. The number of hydrogen-bond acceptors (Lipinski definition) is 6. The monoisotopic (exact) mass is 428 g/mol. The van der Waals surface area contributed by atoms with Gasteiger partial charge in [-0.3, -0.25) is 14.9 Å². The molecule has 0 atom stereocenters. The number of nitrogens with one attached hydrogen (secondary N) is 1. The van der Waals surface area contributed by atoms with E-state index >= 15 is 0 Å². The van der Waals surface area contributed by atoms with Gasteiger partial charge >= 0.3 is 0 Å². The van der Waals surface area contributed by atoms with Crippen LogP contribution in [0.1, 0.15) is 20.9 Å². The van der Waals surface area contributed by atoms with Crippen molar-refractivity contribution < 1.29 is 9.59 Å². The Kier molecular flexibility index (Phi) is 7.51. The minimum Gasteiger partial charge on any atom is -0.337 e. The standard InChI is InChI=1S/C21H24N4O2S2/c1-24(2)10-11-25(14-16-7-4-3-5-8-16)19(26)13-17-15-29-21(22-17)23-20(27)18-9-6-12-28-18/h3-9,12,15H,10-11,13-14H2,1-2H3,(H,22,23,27). The SMILES string of the molecule is CN(C)CCN(Cc1ccccc1)C(=O)Cc1csc(NC(=O)c2cccs2)n1. The molecule has 152 valence electrons. The summed E-state index contributed by atoms with van der Waals surface area (Å²) in [7, 11) is 3.99. The van der Waals surface area contributed by atoms with E-state index in [4.69, 9.17) is 0 Å². The number of rotatable bonds is 9. The minimum absolute atomic E-state index is 0.0251. The Bertz CT molecular complexity index is 923. The molecule has 0 aliphatic heterocycles. The fourth-order valence-corrected chi connectivity index (χ4v) is 4.02. The summed E-state index contributed by atoms with van der Waals surface area (Å²) in [5.74, 6) is -0.152. The van der Waals surface area contributed by atoms with E-state index in [1.807, 2.05) is 66.2 Å². The number of anilines is 1. The van der Waals surface area contributed by atoms with Crippen LogP contribution in [0.25, 0.3) is 0 Å². The van der Waals surface area contributed by atoms with Crippen LogP contribution < -0.4 is 5.32 Å². The van der Waals surface area contributed by atoms with E-state index in [0.717, 1.165) is 12.1 Å². The summed E-state index contributed by atoms with van der Waals surface area (Å²) in [5.41, 5.74) is 1.77. The van der Waals surface area contributed by atoms with Gasteiger partial charge in [0.1, 0.15) is 0 Å². The highest BCUT2D eigenvalue weighted by molar-refractivity contribution is 7.14. The summed E-state index contributed by atoms with van der Waals surface area (Å²) in [5, 5.41) is 6.99. The van der Waals surface area contributed by atoms with Crippen molar-refractivity contribution in [3.8, 4) is 0 Å². The van der Waals surface area contributed by atoms with E-state index in [2.05, 4.69) is 15.2 Å². The highest BCUT2D eigenvalue weighted by Crippen LogP contribution is 2.19. The summed E-state index contributed by atoms with van der Waals surface area (Å²) < 4.78 is 0. The quantitative estimate of drug-likeness (QED) is 0.566. The lowest BCUT2D eigenvalue weighted by Gasteiger charge is -2.24. The lowest BCUT2D eigenvalue weighted by Crippen LogP contribution is -2.37. The molecule has 0 radical (unpaired) electrons. The molecule has 1 N–H and O–H groups in total. The molecule has 0 bridgehead atoms. The first kappa shape index (κ1) is 21.2. The van der Waals surface area contributed by atoms with E-state index in [0.29, 0.717) is 28.8 Å². The molecule has 0 saturated heterocycles. The number of amides is 2. The van der Waals surface area contributed by atoms with E-state index in [1.165, 1.54) is 22.7 Å². The van der Waals surface area contributed by atoms with Gasteiger partial charge in [-0.15, -0.1) is 22.7 Å². The van der Waals surface area contributed by atoms with Crippen molar-refractivity contribution in [1.29, 1.82) is 0 Å². The van der Waals surface area contributed by atoms with Crippen molar-refractivity contribution >= 4 is 39.6 Å². The molecule has 6 nitrogen and oxygen atoms in total. The third-order valence-corrected chi connectivity index (χ3v) is 5.91. The third-order valence-electron chi connectivity index (χ3n) is 4.24. The number of thiazole rings is 1. The molecule has 3 aromatic rings. The van der Waals surface area contributed by atoms with Crippen LogP contribution in [0.4, 0.5) is 5.13 Å². The third kappa shape index (κ3) is 6.49. The van der Waals surface area contributed by atoms with Gasteiger partial charge in [-0.2, -0.15) is 0 Å².